The monoisotopic (exact) mass is 451 g/mol. The lowest BCUT2D eigenvalue weighted by atomic mass is 9.92. The second-order valence-electron chi connectivity index (χ2n) is 6.19. The molecule has 150 valence electrons. The molecule has 10 heteroatoms. The van der Waals surface area contributed by atoms with Gasteiger partial charge in [0.25, 0.3) is 0 Å². The molecule has 1 aliphatic rings. The van der Waals surface area contributed by atoms with Gasteiger partial charge in [0.2, 0.25) is 0 Å². The van der Waals surface area contributed by atoms with Gasteiger partial charge < -0.3 is 5.32 Å². The highest BCUT2D eigenvalue weighted by molar-refractivity contribution is 7.16. The number of nitrogens with zero attached hydrogens (tertiary/aromatic N) is 2. The summed E-state index contributed by atoms with van der Waals surface area (Å²) in [5.41, 5.74) is -0.124. The second kappa shape index (κ2) is 7.67. The summed E-state index contributed by atoms with van der Waals surface area (Å²) in [4.78, 5) is 1.00. The second-order valence-corrected chi connectivity index (χ2v) is 7.96. The molecule has 1 aromatic carbocycles. The summed E-state index contributed by atoms with van der Waals surface area (Å²) >= 11 is 7.49. The summed E-state index contributed by atoms with van der Waals surface area (Å²) in [5.74, 6) is -0.717. The van der Waals surface area contributed by atoms with Crippen molar-refractivity contribution in [3.8, 4) is 11.1 Å². The van der Waals surface area contributed by atoms with Crippen molar-refractivity contribution in [3.63, 3.8) is 0 Å². The number of aromatic nitrogens is 2. The Labute approximate surface area is 173 Å². The van der Waals surface area contributed by atoms with Crippen LogP contribution < -0.4 is 5.32 Å². The van der Waals surface area contributed by atoms with E-state index in [1.807, 2.05) is 0 Å². The molecule has 0 saturated heterocycles. The lowest BCUT2D eigenvalue weighted by Crippen LogP contribution is -2.16. The number of nitrogens with one attached hydrogen (secondary N) is 1. The van der Waals surface area contributed by atoms with Crippen LogP contribution in [-0.2, 0) is 19.3 Å². The average Bonchev–Trinajstić information content (AvgIpc) is 3.27. The van der Waals surface area contributed by atoms with Gasteiger partial charge in [-0.05, 0) is 30.2 Å². The fourth-order valence-corrected chi connectivity index (χ4v) is 4.68. The van der Waals surface area contributed by atoms with Crippen LogP contribution in [0.25, 0.3) is 11.1 Å². The Balaban J connectivity index is 0.00000225. The summed E-state index contributed by atoms with van der Waals surface area (Å²) < 4.78 is 57.2. The Bertz CT molecular complexity index is 1010. The summed E-state index contributed by atoms with van der Waals surface area (Å²) in [5, 5.41) is 6.86. The van der Waals surface area contributed by atoms with Gasteiger partial charge in [-0.25, -0.2) is 4.39 Å². The molecule has 0 radical (unpaired) electrons. The average molecular weight is 452 g/mol. The topological polar surface area (TPSA) is 29.9 Å². The molecular weight excluding hydrogens is 437 g/mol. The van der Waals surface area contributed by atoms with Crippen molar-refractivity contribution in [2.75, 3.05) is 0 Å². The third-order valence-electron chi connectivity index (χ3n) is 4.57. The molecule has 0 saturated carbocycles. The van der Waals surface area contributed by atoms with E-state index in [0.717, 1.165) is 10.4 Å². The van der Waals surface area contributed by atoms with E-state index in [-0.39, 0.29) is 30.1 Å². The predicted octanol–water partition coefficient (Wildman–Crippen LogP) is 6.06. The van der Waals surface area contributed by atoms with Crippen LogP contribution in [0.3, 0.4) is 0 Å². The molecule has 0 amide bonds. The fraction of sp³-hybridized carbons (Fsp3) is 0.278. The number of rotatable bonds is 3. The molecule has 0 spiro atoms. The Hall–Kier alpha value is -1.61. The summed E-state index contributed by atoms with van der Waals surface area (Å²) in [6, 6.07) is 5.65. The highest BCUT2D eigenvalue weighted by Gasteiger charge is 2.39. The largest absolute Gasteiger partial charge is 0.435 e. The SMILES string of the molecule is CCn1cc(-c2c(F)cccc2[C@@H]2NCc3sc(Cl)cc32)c(C(F)(F)F)n1.Cl. The predicted molar refractivity (Wildman–Crippen MR) is 104 cm³/mol. The van der Waals surface area contributed by atoms with Gasteiger partial charge in [0, 0.05) is 35.3 Å². The minimum absolute atomic E-state index is 0. The third kappa shape index (κ3) is 3.54. The Morgan fingerprint density at radius 3 is 2.75 bits per heavy atom. The third-order valence-corrected chi connectivity index (χ3v) is 5.85. The zero-order valence-corrected chi connectivity index (χ0v) is 16.9. The quantitative estimate of drug-likeness (QED) is 0.490. The normalized spacial score (nSPS) is 16.1. The van der Waals surface area contributed by atoms with E-state index >= 15 is 0 Å². The van der Waals surface area contributed by atoms with Crippen molar-refractivity contribution >= 4 is 35.3 Å². The van der Waals surface area contributed by atoms with E-state index < -0.39 is 23.7 Å². The lowest BCUT2D eigenvalue weighted by molar-refractivity contribution is -0.141. The first-order valence-corrected chi connectivity index (χ1v) is 9.44. The molecule has 1 atom stereocenters. The van der Waals surface area contributed by atoms with E-state index in [2.05, 4.69) is 10.4 Å². The van der Waals surface area contributed by atoms with Crippen molar-refractivity contribution in [3.05, 3.63) is 62.3 Å². The van der Waals surface area contributed by atoms with Gasteiger partial charge in [-0.15, -0.1) is 23.7 Å². The number of hydrogen-bond acceptors (Lipinski definition) is 3. The highest BCUT2D eigenvalue weighted by atomic mass is 35.5. The van der Waals surface area contributed by atoms with Crippen LogP contribution >= 0.6 is 35.3 Å². The Kier molecular flexibility index (Phi) is 5.78. The first kappa shape index (κ1) is 21.1. The summed E-state index contributed by atoms with van der Waals surface area (Å²) in [7, 11) is 0. The van der Waals surface area contributed by atoms with E-state index in [1.165, 1.54) is 34.3 Å². The van der Waals surface area contributed by atoms with Gasteiger partial charge in [0.15, 0.2) is 5.69 Å². The number of halogens is 6. The molecule has 1 aliphatic heterocycles. The molecule has 0 fully saturated rings. The summed E-state index contributed by atoms with van der Waals surface area (Å²) in [6.45, 7) is 2.46. The molecule has 3 heterocycles. The number of alkyl halides is 3. The Morgan fingerprint density at radius 2 is 2.07 bits per heavy atom. The maximum atomic E-state index is 14.8. The molecule has 3 nitrogen and oxygen atoms in total. The van der Waals surface area contributed by atoms with Crippen LogP contribution in [0.1, 0.15) is 34.7 Å². The number of thiophene rings is 1. The van der Waals surface area contributed by atoms with Gasteiger partial charge in [-0.3, -0.25) is 4.68 Å². The highest BCUT2D eigenvalue weighted by Crippen LogP contribution is 2.44. The smallest absolute Gasteiger partial charge is 0.301 e. The standard InChI is InChI=1S/C18H14ClF4N3S.ClH/c1-2-26-8-11(17(25-26)18(21,22)23)15-9(4-3-5-12(15)20)16-10-6-14(19)27-13(10)7-24-16;/h3-6,8,16,24H,2,7H2,1H3;1H/t16-;/m0./s1. The molecule has 0 unspecified atom stereocenters. The van der Waals surface area contributed by atoms with Crippen LogP contribution in [0.15, 0.2) is 30.5 Å². The number of fused-ring (bicyclic) bond motifs is 1. The molecule has 0 aliphatic carbocycles. The maximum absolute atomic E-state index is 14.8. The first-order valence-electron chi connectivity index (χ1n) is 8.24. The van der Waals surface area contributed by atoms with Crippen molar-refractivity contribution < 1.29 is 17.6 Å². The molecule has 2 aromatic heterocycles. The van der Waals surface area contributed by atoms with E-state index in [9.17, 15) is 17.6 Å². The maximum Gasteiger partial charge on any atom is 0.435 e. The summed E-state index contributed by atoms with van der Waals surface area (Å²) in [6.07, 6.45) is -3.43. The molecule has 0 bridgehead atoms. The van der Waals surface area contributed by atoms with E-state index in [1.54, 1.807) is 19.1 Å². The van der Waals surface area contributed by atoms with Gasteiger partial charge >= 0.3 is 6.18 Å². The van der Waals surface area contributed by atoms with Crippen molar-refractivity contribution in [2.24, 2.45) is 0 Å². The lowest BCUT2D eigenvalue weighted by Gasteiger charge is -2.18. The van der Waals surface area contributed by atoms with Crippen LogP contribution in [0.4, 0.5) is 17.6 Å². The van der Waals surface area contributed by atoms with Gasteiger partial charge in [-0.1, -0.05) is 23.7 Å². The zero-order chi connectivity index (χ0) is 19.3. The minimum atomic E-state index is -4.69. The van der Waals surface area contributed by atoms with E-state index in [4.69, 9.17) is 11.6 Å². The van der Waals surface area contributed by atoms with Crippen molar-refractivity contribution in [1.82, 2.24) is 15.1 Å². The van der Waals surface area contributed by atoms with Gasteiger partial charge in [0.05, 0.1) is 10.4 Å². The molecule has 28 heavy (non-hydrogen) atoms. The molecule has 1 N–H and O–H groups in total. The number of benzene rings is 1. The zero-order valence-electron chi connectivity index (χ0n) is 14.5. The van der Waals surface area contributed by atoms with Crippen molar-refractivity contribution in [2.45, 2.75) is 32.2 Å². The number of hydrogen-bond donors (Lipinski definition) is 1. The minimum Gasteiger partial charge on any atom is -0.301 e. The number of aryl methyl sites for hydroxylation is 1. The van der Waals surface area contributed by atoms with Crippen molar-refractivity contribution in [1.29, 1.82) is 0 Å². The van der Waals surface area contributed by atoms with Crippen LogP contribution in [0.5, 0.6) is 0 Å². The fourth-order valence-electron chi connectivity index (χ4n) is 3.41. The van der Waals surface area contributed by atoms with Crippen LogP contribution in [0, 0.1) is 5.82 Å². The molecule has 4 rings (SSSR count). The Morgan fingerprint density at radius 1 is 1.32 bits per heavy atom. The molecular formula is C18H15Cl2F4N3S. The van der Waals surface area contributed by atoms with Gasteiger partial charge in [0.1, 0.15) is 5.82 Å². The van der Waals surface area contributed by atoms with E-state index in [0.29, 0.717) is 16.4 Å². The van der Waals surface area contributed by atoms with Crippen LogP contribution in [0.2, 0.25) is 4.34 Å². The van der Waals surface area contributed by atoms with Gasteiger partial charge in [-0.2, -0.15) is 18.3 Å². The molecule has 3 aromatic rings. The first-order chi connectivity index (χ1) is 12.8. The van der Waals surface area contributed by atoms with Crippen LogP contribution in [-0.4, -0.2) is 9.78 Å².